The fourth-order valence-corrected chi connectivity index (χ4v) is 8.06. The topological polar surface area (TPSA) is 46.2 Å². The van der Waals surface area contributed by atoms with Gasteiger partial charge in [-0.1, -0.05) is 39.8 Å². The van der Waals surface area contributed by atoms with E-state index in [9.17, 15) is 8.42 Å². The molecule has 0 spiro atoms. The molecule has 0 aliphatic heterocycles. The normalized spacial score (nSPS) is 34.0. The number of nitrogens with one attached hydrogen (secondary N) is 1. The van der Waals surface area contributed by atoms with E-state index < -0.39 is 10.0 Å². The van der Waals surface area contributed by atoms with Gasteiger partial charge in [0, 0.05) is 6.04 Å². The van der Waals surface area contributed by atoms with Crippen molar-refractivity contribution in [3.05, 3.63) is 29.8 Å². The molecule has 4 aliphatic rings. The lowest BCUT2D eigenvalue weighted by atomic mass is 9.47. The molecule has 0 heterocycles. The molecule has 1 N–H and O–H groups in total. The molecule has 4 aliphatic carbocycles. The maximum Gasteiger partial charge on any atom is 0.240 e. The van der Waals surface area contributed by atoms with Gasteiger partial charge in [0.1, 0.15) is 0 Å². The van der Waals surface area contributed by atoms with Crippen LogP contribution in [0.4, 0.5) is 0 Å². The zero-order valence-electron chi connectivity index (χ0n) is 17.3. The first-order valence-electron chi connectivity index (χ1n) is 10.7. The van der Waals surface area contributed by atoms with Crippen LogP contribution in [0.1, 0.15) is 78.2 Å². The molecule has 0 radical (unpaired) electrons. The van der Waals surface area contributed by atoms with Crippen molar-refractivity contribution in [1.29, 1.82) is 0 Å². The molecule has 4 bridgehead atoms. The standard InChI is InChI=1S/C23H35NO2S/c1-5-21(23-13-16-10-17(14-23)12-18(11-16)15-23)24-27(25,26)20-8-6-19(7-9-20)22(2,3)4/h6-9,16-18,21,24H,5,10-15H2,1-4H3. The summed E-state index contributed by atoms with van der Waals surface area (Å²) in [7, 11) is -3.48. The Morgan fingerprint density at radius 1 is 1.00 bits per heavy atom. The SMILES string of the molecule is CCC(NS(=O)(=O)c1ccc(C(C)(C)C)cc1)C12CC3CC(CC(C3)C1)C2. The van der Waals surface area contributed by atoms with E-state index in [-0.39, 0.29) is 16.9 Å². The van der Waals surface area contributed by atoms with Crippen molar-refractivity contribution < 1.29 is 8.42 Å². The lowest BCUT2D eigenvalue weighted by Crippen LogP contribution is -2.56. The van der Waals surface area contributed by atoms with Gasteiger partial charge in [-0.2, -0.15) is 0 Å². The minimum Gasteiger partial charge on any atom is -0.208 e. The van der Waals surface area contributed by atoms with Crippen LogP contribution in [0.15, 0.2) is 29.2 Å². The van der Waals surface area contributed by atoms with E-state index in [4.69, 9.17) is 0 Å². The molecule has 1 atom stereocenters. The maximum atomic E-state index is 13.1. The Bertz CT molecular complexity index is 753. The Kier molecular flexibility index (Phi) is 4.74. The van der Waals surface area contributed by atoms with Gasteiger partial charge in [0.2, 0.25) is 10.0 Å². The number of hydrogen-bond acceptors (Lipinski definition) is 2. The number of sulfonamides is 1. The van der Waals surface area contributed by atoms with Crippen LogP contribution in [0.5, 0.6) is 0 Å². The highest BCUT2D eigenvalue weighted by atomic mass is 32.2. The molecule has 4 heteroatoms. The molecule has 5 rings (SSSR count). The van der Waals surface area contributed by atoms with Crippen LogP contribution < -0.4 is 4.72 Å². The summed E-state index contributed by atoms with van der Waals surface area (Å²) in [6.07, 6.45) is 8.71. The third kappa shape index (κ3) is 3.60. The van der Waals surface area contributed by atoms with Crippen LogP contribution >= 0.6 is 0 Å². The quantitative estimate of drug-likeness (QED) is 0.747. The van der Waals surface area contributed by atoms with Gasteiger partial charge in [-0.3, -0.25) is 0 Å². The first-order chi connectivity index (χ1) is 12.6. The minimum absolute atomic E-state index is 0.0286. The molecule has 4 saturated carbocycles. The van der Waals surface area contributed by atoms with Crippen molar-refractivity contribution in [1.82, 2.24) is 4.72 Å². The first-order valence-corrected chi connectivity index (χ1v) is 12.2. The molecule has 3 nitrogen and oxygen atoms in total. The maximum absolute atomic E-state index is 13.1. The molecule has 0 aromatic heterocycles. The average Bonchev–Trinajstić information content (AvgIpc) is 2.58. The second-order valence-electron chi connectivity index (χ2n) is 10.6. The Morgan fingerprint density at radius 2 is 1.48 bits per heavy atom. The Morgan fingerprint density at radius 3 is 1.89 bits per heavy atom. The zero-order valence-corrected chi connectivity index (χ0v) is 18.1. The van der Waals surface area contributed by atoms with Gasteiger partial charge in [-0.15, -0.1) is 0 Å². The van der Waals surface area contributed by atoms with Crippen molar-refractivity contribution in [2.75, 3.05) is 0 Å². The molecule has 1 aromatic carbocycles. The summed E-state index contributed by atoms with van der Waals surface area (Å²) in [6, 6.07) is 7.53. The predicted molar refractivity (Wildman–Crippen MR) is 110 cm³/mol. The molecule has 0 saturated heterocycles. The molecule has 0 amide bonds. The third-order valence-electron chi connectivity index (χ3n) is 7.56. The molecular formula is C23H35NO2S. The first kappa shape index (κ1) is 19.4. The van der Waals surface area contributed by atoms with E-state index in [1.54, 1.807) is 12.1 Å². The molecule has 1 unspecified atom stereocenters. The van der Waals surface area contributed by atoms with E-state index in [0.717, 1.165) is 29.7 Å². The van der Waals surface area contributed by atoms with Crippen LogP contribution in [0.25, 0.3) is 0 Å². The van der Waals surface area contributed by atoms with E-state index in [0.29, 0.717) is 4.90 Å². The van der Waals surface area contributed by atoms with E-state index in [1.807, 2.05) is 12.1 Å². The Balaban J connectivity index is 1.56. The highest BCUT2D eigenvalue weighted by Gasteiger charge is 2.54. The lowest BCUT2D eigenvalue weighted by Gasteiger charge is -2.59. The number of benzene rings is 1. The van der Waals surface area contributed by atoms with Crippen molar-refractivity contribution >= 4 is 10.0 Å². The number of rotatable bonds is 5. The highest BCUT2D eigenvalue weighted by molar-refractivity contribution is 7.89. The number of hydrogen-bond donors (Lipinski definition) is 1. The van der Waals surface area contributed by atoms with Gasteiger partial charge < -0.3 is 0 Å². The average molecular weight is 390 g/mol. The van der Waals surface area contributed by atoms with Gasteiger partial charge in [0.05, 0.1) is 4.90 Å². The van der Waals surface area contributed by atoms with E-state index in [1.165, 1.54) is 38.5 Å². The monoisotopic (exact) mass is 389 g/mol. The molecule has 4 fully saturated rings. The summed E-state index contributed by atoms with van der Waals surface area (Å²) in [5.41, 5.74) is 1.39. The molecular weight excluding hydrogens is 354 g/mol. The third-order valence-corrected chi connectivity index (χ3v) is 9.05. The van der Waals surface area contributed by atoms with Gasteiger partial charge >= 0.3 is 0 Å². The summed E-state index contributed by atoms with van der Waals surface area (Å²) in [6.45, 7) is 8.59. The van der Waals surface area contributed by atoms with Gasteiger partial charge in [0.15, 0.2) is 0 Å². The van der Waals surface area contributed by atoms with Crippen LogP contribution in [-0.2, 0) is 15.4 Å². The summed E-state index contributed by atoms with van der Waals surface area (Å²) >= 11 is 0. The second-order valence-corrected chi connectivity index (χ2v) is 12.4. The van der Waals surface area contributed by atoms with Crippen LogP contribution in [0, 0.1) is 23.2 Å². The second kappa shape index (κ2) is 6.59. The lowest BCUT2D eigenvalue weighted by molar-refractivity contribution is -0.0704. The van der Waals surface area contributed by atoms with E-state index >= 15 is 0 Å². The van der Waals surface area contributed by atoms with Crippen molar-refractivity contribution in [3.63, 3.8) is 0 Å². The summed E-state index contributed by atoms with van der Waals surface area (Å²) < 4.78 is 29.4. The van der Waals surface area contributed by atoms with Gasteiger partial charge in [-0.05, 0) is 91.2 Å². The van der Waals surface area contributed by atoms with Crippen LogP contribution in [0.3, 0.4) is 0 Å². The fourth-order valence-electron chi connectivity index (χ4n) is 6.64. The van der Waals surface area contributed by atoms with Crippen LogP contribution in [-0.4, -0.2) is 14.5 Å². The summed E-state index contributed by atoms with van der Waals surface area (Å²) in [5.74, 6) is 2.50. The van der Waals surface area contributed by atoms with E-state index in [2.05, 4.69) is 32.4 Å². The van der Waals surface area contributed by atoms with Crippen LogP contribution in [0.2, 0.25) is 0 Å². The zero-order chi connectivity index (χ0) is 19.4. The smallest absolute Gasteiger partial charge is 0.208 e. The van der Waals surface area contributed by atoms with Gasteiger partial charge in [0.25, 0.3) is 0 Å². The van der Waals surface area contributed by atoms with Crippen molar-refractivity contribution in [2.24, 2.45) is 23.2 Å². The minimum atomic E-state index is -3.48. The van der Waals surface area contributed by atoms with Crippen molar-refractivity contribution in [2.45, 2.75) is 89.0 Å². The Hall–Kier alpha value is -0.870. The molecule has 1 aromatic rings. The molecule has 27 heavy (non-hydrogen) atoms. The predicted octanol–water partition coefficient (Wildman–Crippen LogP) is 5.26. The highest BCUT2D eigenvalue weighted by Crippen LogP contribution is 2.61. The Labute approximate surface area is 165 Å². The summed E-state index contributed by atoms with van der Waals surface area (Å²) in [4.78, 5) is 0.402. The largest absolute Gasteiger partial charge is 0.240 e. The molecule has 150 valence electrons. The summed E-state index contributed by atoms with van der Waals surface area (Å²) in [5, 5.41) is 0. The van der Waals surface area contributed by atoms with Crippen molar-refractivity contribution in [3.8, 4) is 0 Å². The van der Waals surface area contributed by atoms with Gasteiger partial charge in [-0.25, -0.2) is 13.1 Å². The fraction of sp³-hybridized carbons (Fsp3) is 0.739.